The molecule has 6 aromatic rings. The molecule has 0 heterocycles. The van der Waals surface area contributed by atoms with Gasteiger partial charge in [0.25, 0.3) is 0 Å². The van der Waals surface area contributed by atoms with Crippen LogP contribution in [0.15, 0.2) is 121 Å². The van der Waals surface area contributed by atoms with Crippen LogP contribution in [0.25, 0.3) is 55.7 Å². The Hall–Kier alpha value is -5.46. The zero-order valence-corrected chi connectivity index (χ0v) is 40.7. The van der Waals surface area contributed by atoms with Crippen molar-refractivity contribution in [3.05, 3.63) is 188 Å². The summed E-state index contributed by atoms with van der Waals surface area (Å²) in [6.45, 7) is 9.27. The van der Waals surface area contributed by atoms with Crippen molar-refractivity contribution in [2.75, 3.05) is 0 Å². The second-order valence-electron chi connectivity index (χ2n) is 20.1. The van der Waals surface area contributed by atoms with E-state index in [0.29, 0.717) is 0 Å². The van der Waals surface area contributed by atoms with Crippen LogP contribution in [0.2, 0.25) is 0 Å². The average Bonchev–Trinajstić information content (AvgIpc) is 4.06. The molecular formula is C66H72. The van der Waals surface area contributed by atoms with E-state index in [1.165, 1.54) is 225 Å². The van der Waals surface area contributed by atoms with Gasteiger partial charge in [0.05, 0.1) is 0 Å². The van der Waals surface area contributed by atoms with Crippen molar-refractivity contribution >= 4 is 33.4 Å². The maximum Gasteiger partial charge on any atom is -0.000718 e. The third kappa shape index (κ3) is 8.33. The highest BCUT2D eigenvalue weighted by Gasteiger charge is 2.42. The lowest BCUT2D eigenvalue weighted by Gasteiger charge is -2.18. The van der Waals surface area contributed by atoms with E-state index in [2.05, 4.69) is 149 Å². The largest absolute Gasteiger partial charge is 0.0654 e. The van der Waals surface area contributed by atoms with Crippen LogP contribution >= 0.6 is 0 Å². The lowest BCUT2D eigenvalue weighted by atomic mass is 9.85. The summed E-state index contributed by atoms with van der Waals surface area (Å²) < 4.78 is 0. The zero-order valence-electron chi connectivity index (χ0n) is 40.7. The number of allylic oxidation sites excluding steroid dienone is 4. The first-order chi connectivity index (χ1) is 32.6. The number of unbranched alkanes of at least 4 members (excludes halogenated alkanes) is 12. The fraction of sp³-hybridized carbons (Fsp3) is 0.364. The van der Waals surface area contributed by atoms with Gasteiger partial charge in [-0.3, -0.25) is 0 Å². The Balaban J connectivity index is 1.22. The summed E-state index contributed by atoms with van der Waals surface area (Å²) in [6, 6.07) is 49.0. The summed E-state index contributed by atoms with van der Waals surface area (Å²) in [5.74, 6) is 0. The van der Waals surface area contributed by atoms with Crippen molar-refractivity contribution in [3.8, 4) is 22.3 Å². The highest BCUT2D eigenvalue weighted by molar-refractivity contribution is 6.43. The number of hydrogen-bond acceptors (Lipinski definition) is 0. The second-order valence-corrected chi connectivity index (χ2v) is 20.1. The van der Waals surface area contributed by atoms with Crippen molar-refractivity contribution in [2.45, 2.75) is 156 Å². The van der Waals surface area contributed by atoms with Crippen molar-refractivity contribution < 1.29 is 0 Å². The normalized spacial score (nSPS) is 13.9. The van der Waals surface area contributed by atoms with Crippen LogP contribution in [0.3, 0.4) is 0 Å². The van der Waals surface area contributed by atoms with Gasteiger partial charge in [-0.25, -0.2) is 0 Å². The Kier molecular flexibility index (Phi) is 13.6. The highest BCUT2D eigenvalue weighted by Crippen LogP contribution is 2.64. The molecule has 0 atom stereocenters. The first-order valence-electron chi connectivity index (χ1n) is 26.6. The molecular weight excluding hydrogens is 793 g/mol. The summed E-state index contributed by atoms with van der Waals surface area (Å²) in [7, 11) is 0. The molecule has 4 aliphatic carbocycles. The summed E-state index contributed by atoms with van der Waals surface area (Å²) >= 11 is 0. The van der Waals surface area contributed by atoms with Gasteiger partial charge in [-0.2, -0.15) is 0 Å². The number of hydrogen-bond donors (Lipinski definition) is 0. The maximum absolute atomic E-state index is 2.60. The third-order valence-electron chi connectivity index (χ3n) is 15.5. The van der Waals surface area contributed by atoms with Crippen molar-refractivity contribution in [2.24, 2.45) is 0 Å². The van der Waals surface area contributed by atoms with E-state index in [-0.39, 0.29) is 0 Å². The Morgan fingerprint density at radius 3 is 0.697 bits per heavy atom. The van der Waals surface area contributed by atoms with E-state index in [0.717, 1.165) is 25.7 Å². The van der Waals surface area contributed by atoms with Crippen molar-refractivity contribution in [1.29, 1.82) is 0 Å². The molecule has 4 aliphatic rings. The van der Waals surface area contributed by atoms with Gasteiger partial charge < -0.3 is 0 Å². The topological polar surface area (TPSA) is 0 Å². The Morgan fingerprint density at radius 1 is 0.212 bits per heavy atom. The molecule has 0 aromatic heterocycles. The van der Waals surface area contributed by atoms with Crippen LogP contribution in [0.5, 0.6) is 0 Å². The SMILES string of the molecule is CCCCCCc1ccc2c(c1)C(=C1C3=C(C(=C4c5cc(CCCCCC)ccc5-c5ccc(CCCCCC)cc54)c4ccccc43)c3ccccc31)c1cc(CCCCCC)ccc1-2. The predicted molar refractivity (Wildman–Crippen MR) is 287 cm³/mol. The average molecular weight is 865 g/mol. The molecule has 0 spiro atoms. The summed E-state index contributed by atoms with van der Waals surface area (Å²) in [5.41, 5.74) is 31.4. The van der Waals surface area contributed by atoms with Crippen molar-refractivity contribution in [1.82, 2.24) is 0 Å². The lowest BCUT2D eigenvalue weighted by molar-refractivity contribution is 0.667. The number of rotatable bonds is 20. The molecule has 0 unspecified atom stereocenters. The molecule has 0 saturated heterocycles. The molecule has 0 fully saturated rings. The van der Waals surface area contributed by atoms with Crippen LogP contribution in [-0.2, 0) is 25.7 Å². The van der Waals surface area contributed by atoms with E-state index < -0.39 is 0 Å². The Morgan fingerprint density at radius 2 is 0.455 bits per heavy atom. The van der Waals surface area contributed by atoms with Gasteiger partial charge in [0, 0.05) is 0 Å². The molecule has 6 aromatic carbocycles. The molecule has 0 aliphatic heterocycles. The maximum atomic E-state index is 2.60. The van der Waals surface area contributed by atoms with Crippen molar-refractivity contribution in [3.63, 3.8) is 0 Å². The highest BCUT2D eigenvalue weighted by atomic mass is 14.4. The second kappa shape index (κ2) is 20.2. The monoisotopic (exact) mass is 865 g/mol. The van der Waals surface area contributed by atoms with Crippen LogP contribution < -0.4 is 0 Å². The third-order valence-corrected chi connectivity index (χ3v) is 15.5. The fourth-order valence-electron chi connectivity index (χ4n) is 12.0. The first kappa shape index (κ1) is 44.4. The minimum Gasteiger partial charge on any atom is -0.0654 e. The molecule has 10 rings (SSSR count). The lowest BCUT2D eigenvalue weighted by Crippen LogP contribution is -1.98. The quantitative estimate of drug-likeness (QED) is 0.0670. The summed E-state index contributed by atoms with van der Waals surface area (Å²) in [4.78, 5) is 0. The fourth-order valence-corrected chi connectivity index (χ4v) is 12.0. The molecule has 0 amide bonds. The first-order valence-corrected chi connectivity index (χ1v) is 26.6. The van der Waals surface area contributed by atoms with Gasteiger partial charge in [0.2, 0.25) is 0 Å². The molecule has 0 radical (unpaired) electrons. The van der Waals surface area contributed by atoms with Crippen LogP contribution in [-0.4, -0.2) is 0 Å². The minimum absolute atomic E-state index is 1.14. The van der Waals surface area contributed by atoms with Crippen LogP contribution in [0.1, 0.15) is 197 Å². The van der Waals surface area contributed by atoms with Gasteiger partial charge in [-0.15, -0.1) is 0 Å². The van der Waals surface area contributed by atoms with Gasteiger partial charge >= 0.3 is 0 Å². The molecule has 66 heavy (non-hydrogen) atoms. The van der Waals surface area contributed by atoms with Gasteiger partial charge in [0.1, 0.15) is 0 Å². The van der Waals surface area contributed by atoms with E-state index >= 15 is 0 Å². The Labute approximate surface area is 398 Å². The zero-order chi connectivity index (χ0) is 45.0. The van der Waals surface area contributed by atoms with Crippen LogP contribution in [0.4, 0.5) is 0 Å². The summed E-state index contributed by atoms with van der Waals surface area (Å²) in [5, 5.41) is 0. The standard InChI is InChI=1S/C66H72/c1-5-9-13-17-25-45-33-37-49-50-38-34-46(26-18-14-10-6-2)42-58(50)61(57(49)41-45)63-53-29-21-23-31-55(53)66-64(54-30-22-24-32-56(54)65(63)66)62-59-43-47(27-19-15-11-7-3)35-39-51(59)52-40-36-48(44-60(52)62)28-20-16-12-8-4/h21-24,29-44H,5-20,25-28H2,1-4H3. The number of benzene rings is 6. The number of fused-ring (bicyclic) bond motifs is 10. The minimum atomic E-state index is 1.14. The predicted octanol–water partition coefficient (Wildman–Crippen LogP) is 19.0. The Bertz CT molecular complexity index is 2530. The smallest absolute Gasteiger partial charge is 0.000718 e. The molecule has 0 bridgehead atoms. The van der Waals surface area contributed by atoms with Crippen LogP contribution in [0, 0.1) is 0 Å². The number of aryl methyl sites for hydroxylation is 4. The van der Waals surface area contributed by atoms with E-state index in [1.54, 1.807) is 0 Å². The molecule has 0 heteroatoms. The molecule has 0 saturated carbocycles. The van der Waals surface area contributed by atoms with Gasteiger partial charge in [-0.05, 0) is 174 Å². The molecule has 336 valence electrons. The van der Waals surface area contributed by atoms with E-state index in [1.807, 2.05) is 0 Å². The molecule has 0 nitrogen and oxygen atoms in total. The van der Waals surface area contributed by atoms with E-state index in [4.69, 9.17) is 0 Å². The van der Waals surface area contributed by atoms with Gasteiger partial charge in [-0.1, -0.05) is 226 Å². The summed E-state index contributed by atoms with van der Waals surface area (Å²) in [6.07, 6.45) is 25.1. The van der Waals surface area contributed by atoms with E-state index in [9.17, 15) is 0 Å². The van der Waals surface area contributed by atoms with Gasteiger partial charge in [0.15, 0.2) is 0 Å². The molecule has 0 N–H and O–H groups in total.